The molecule has 0 saturated heterocycles. The minimum absolute atomic E-state index is 0.0849. The lowest BCUT2D eigenvalue weighted by Gasteiger charge is -2.13. The van der Waals surface area contributed by atoms with Gasteiger partial charge in [-0.05, 0) is 18.9 Å². The molecule has 0 spiro atoms. The van der Waals surface area contributed by atoms with Gasteiger partial charge in [0.15, 0.2) is 6.04 Å². The van der Waals surface area contributed by atoms with Crippen LogP contribution in [0.15, 0.2) is 6.07 Å². The molecule has 0 aromatic carbocycles. The normalized spacial score (nSPS) is 12.4. The maximum atomic E-state index is 12.2. The first-order valence-corrected chi connectivity index (χ1v) is 6.51. The molecule has 7 heteroatoms. The van der Waals surface area contributed by atoms with Crippen molar-refractivity contribution in [2.24, 2.45) is 0 Å². The van der Waals surface area contributed by atoms with Crippen molar-refractivity contribution in [2.45, 2.75) is 39.3 Å². The SMILES string of the molecule is CCn1nc(C(C)C)cc1C(=O)NC(COC)C(=O)O. The summed E-state index contributed by atoms with van der Waals surface area (Å²) in [5.74, 6) is -1.40. The Bertz CT molecular complexity index is 482. The van der Waals surface area contributed by atoms with Crippen molar-refractivity contribution in [1.82, 2.24) is 15.1 Å². The van der Waals surface area contributed by atoms with Crippen LogP contribution >= 0.6 is 0 Å². The lowest BCUT2D eigenvalue weighted by Crippen LogP contribution is -2.44. The molecule has 112 valence electrons. The Hall–Kier alpha value is -1.89. The van der Waals surface area contributed by atoms with Crippen molar-refractivity contribution in [3.63, 3.8) is 0 Å². The van der Waals surface area contributed by atoms with Crippen LogP contribution in [0.25, 0.3) is 0 Å². The van der Waals surface area contributed by atoms with Gasteiger partial charge >= 0.3 is 5.97 Å². The number of hydrogen-bond donors (Lipinski definition) is 2. The maximum Gasteiger partial charge on any atom is 0.328 e. The van der Waals surface area contributed by atoms with E-state index in [0.717, 1.165) is 5.69 Å². The molecule has 0 aliphatic rings. The van der Waals surface area contributed by atoms with Crippen LogP contribution in [0.5, 0.6) is 0 Å². The van der Waals surface area contributed by atoms with Gasteiger partial charge in [0.25, 0.3) is 5.91 Å². The van der Waals surface area contributed by atoms with Gasteiger partial charge in [-0.15, -0.1) is 0 Å². The minimum Gasteiger partial charge on any atom is -0.480 e. The van der Waals surface area contributed by atoms with Crippen LogP contribution in [-0.2, 0) is 16.1 Å². The first-order valence-electron chi connectivity index (χ1n) is 6.51. The summed E-state index contributed by atoms with van der Waals surface area (Å²) in [6.45, 7) is 6.29. The molecule has 2 N–H and O–H groups in total. The van der Waals surface area contributed by atoms with Crippen LogP contribution in [0.3, 0.4) is 0 Å². The Labute approximate surface area is 117 Å². The van der Waals surface area contributed by atoms with E-state index in [4.69, 9.17) is 9.84 Å². The van der Waals surface area contributed by atoms with Gasteiger partial charge in [-0.2, -0.15) is 5.10 Å². The fourth-order valence-electron chi connectivity index (χ4n) is 1.72. The van der Waals surface area contributed by atoms with Crippen LogP contribution in [0.1, 0.15) is 42.9 Å². The fourth-order valence-corrected chi connectivity index (χ4v) is 1.72. The molecule has 7 nitrogen and oxygen atoms in total. The number of methoxy groups -OCH3 is 1. The number of carboxylic acid groups (broad SMARTS) is 1. The van der Waals surface area contributed by atoms with Gasteiger partial charge in [-0.3, -0.25) is 9.48 Å². The molecule has 1 amide bonds. The van der Waals surface area contributed by atoms with E-state index in [1.54, 1.807) is 10.7 Å². The molecular formula is C13H21N3O4. The largest absolute Gasteiger partial charge is 0.480 e. The second-order valence-electron chi connectivity index (χ2n) is 4.74. The zero-order chi connectivity index (χ0) is 15.3. The molecule has 0 aliphatic heterocycles. The smallest absolute Gasteiger partial charge is 0.328 e. The Morgan fingerprint density at radius 2 is 2.15 bits per heavy atom. The summed E-state index contributed by atoms with van der Waals surface area (Å²) >= 11 is 0. The summed E-state index contributed by atoms with van der Waals surface area (Å²) in [6.07, 6.45) is 0. The van der Waals surface area contributed by atoms with Gasteiger partial charge in [0, 0.05) is 13.7 Å². The summed E-state index contributed by atoms with van der Waals surface area (Å²) in [5, 5.41) is 15.8. The van der Waals surface area contributed by atoms with Crippen molar-refractivity contribution < 1.29 is 19.4 Å². The summed E-state index contributed by atoms with van der Waals surface area (Å²) < 4.78 is 6.35. The van der Waals surface area contributed by atoms with Crippen molar-refractivity contribution in [3.05, 3.63) is 17.5 Å². The Morgan fingerprint density at radius 1 is 1.50 bits per heavy atom. The van der Waals surface area contributed by atoms with E-state index in [2.05, 4.69) is 10.4 Å². The van der Waals surface area contributed by atoms with E-state index in [9.17, 15) is 9.59 Å². The Morgan fingerprint density at radius 3 is 2.60 bits per heavy atom. The highest BCUT2D eigenvalue weighted by molar-refractivity contribution is 5.95. The third-order valence-corrected chi connectivity index (χ3v) is 2.86. The monoisotopic (exact) mass is 283 g/mol. The average molecular weight is 283 g/mol. The van der Waals surface area contributed by atoms with E-state index < -0.39 is 17.9 Å². The minimum atomic E-state index is -1.13. The lowest BCUT2D eigenvalue weighted by molar-refractivity contribution is -0.140. The number of carbonyl (C=O) groups excluding carboxylic acids is 1. The van der Waals surface area contributed by atoms with Crippen LogP contribution in [0, 0.1) is 0 Å². The molecule has 1 heterocycles. The van der Waals surface area contributed by atoms with E-state index in [0.29, 0.717) is 12.2 Å². The number of nitrogens with zero attached hydrogens (tertiary/aromatic N) is 2. The maximum absolute atomic E-state index is 12.2. The molecule has 1 rings (SSSR count). The van der Waals surface area contributed by atoms with Gasteiger partial charge in [-0.1, -0.05) is 13.8 Å². The lowest BCUT2D eigenvalue weighted by atomic mass is 10.1. The number of amides is 1. The van der Waals surface area contributed by atoms with Gasteiger partial charge in [0.2, 0.25) is 0 Å². The van der Waals surface area contributed by atoms with Crippen molar-refractivity contribution in [2.75, 3.05) is 13.7 Å². The highest BCUT2D eigenvalue weighted by Crippen LogP contribution is 2.14. The number of aryl methyl sites for hydroxylation is 1. The van der Waals surface area contributed by atoms with Crippen molar-refractivity contribution in [1.29, 1.82) is 0 Å². The zero-order valence-electron chi connectivity index (χ0n) is 12.2. The summed E-state index contributed by atoms with van der Waals surface area (Å²) in [6, 6.07) is 0.616. The molecule has 1 aromatic heterocycles. The number of aliphatic carboxylic acids is 1. The first kappa shape index (κ1) is 16.2. The topological polar surface area (TPSA) is 93.5 Å². The average Bonchev–Trinajstić information content (AvgIpc) is 2.82. The number of rotatable bonds is 7. The second-order valence-corrected chi connectivity index (χ2v) is 4.74. The molecule has 1 aromatic rings. The van der Waals surface area contributed by atoms with Crippen LogP contribution in [0.2, 0.25) is 0 Å². The number of hydrogen-bond acceptors (Lipinski definition) is 4. The Balaban J connectivity index is 2.93. The Kier molecular flexibility index (Phi) is 5.69. The van der Waals surface area contributed by atoms with Gasteiger partial charge in [-0.25, -0.2) is 4.79 Å². The fraction of sp³-hybridized carbons (Fsp3) is 0.615. The van der Waals surface area contributed by atoms with E-state index in [1.807, 2.05) is 20.8 Å². The number of carboxylic acids is 1. The number of ether oxygens (including phenoxy) is 1. The highest BCUT2D eigenvalue weighted by Gasteiger charge is 2.23. The van der Waals surface area contributed by atoms with Gasteiger partial charge in [0.05, 0.1) is 12.3 Å². The van der Waals surface area contributed by atoms with E-state index in [1.165, 1.54) is 7.11 Å². The summed E-state index contributed by atoms with van der Waals surface area (Å²) in [4.78, 5) is 23.2. The quantitative estimate of drug-likeness (QED) is 0.774. The van der Waals surface area contributed by atoms with E-state index in [-0.39, 0.29) is 12.5 Å². The third-order valence-electron chi connectivity index (χ3n) is 2.86. The van der Waals surface area contributed by atoms with Crippen LogP contribution in [-0.4, -0.2) is 46.5 Å². The molecule has 0 radical (unpaired) electrons. The predicted molar refractivity (Wildman–Crippen MR) is 72.8 cm³/mol. The predicted octanol–water partition coefficient (Wildman–Crippen LogP) is 0.856. The van der Waals surface area contributed by atoms with Gasteiger partial charge in [0.1, 0.15) is 5.69 Å². The number of aromatic nitrogens is 2. The van der Waals surface area contributed by atoms with Crippen molar-refractivity contribution in [3.8, 4) is 0 Å². The molecule has 1 unspecified atom stereocenters. The van der Waals surface area contributed by atoms with E-state index >= 15 is 0 Å². The highest BCUT2D eigenvalue weighted by atomic mass is 16.5. The first-order chi connectivity index (χ1) is 9.40. The molecular weight excluding hydrogens is 262 g/mol. The molecule has 1 atom stereocenters. The second kappa shape index (κ2) is 7.04. The standard InChI is InChI=1S/C13H21N3O4/c1-5-16-11(6-9(15-16)8(2)3)12(17)14-10(7-20-4)13(18)19/h6,8,10H,5,7H2,1-4H3,(H,14,17)(H,18,19). The van der Waals surface area contributed by atoms with Gasteiger partial charge < -0.3 is 15.2 Å². The third kappa shape index (κ3) is 3.80. The zero-order valence-corrected chi connectivity index (χ0v) is 12.2. The number of nitrogens with one attached hydrogen (secondary N) is 1. The molecule has 0 aliphatic carbocycles. The van der Waals surface area contributed by atoms with Crippen LogP contribution in [0.4, 0.5) is 0 Å². The number of carbonyl (C=O) groups is 2. The summed E-state index contributed by atoms with van der Waals surface area (Å²) in [7, 11) is 1.38. The molecule has 0 bridgehead atoms. The molecule has 0 saturated carbocycles. The molecule has 20 heavy (non-hydrogen) atoms. The summed E-state index contributed by atoms with van der Waals surface area (Å²) in [5.41, 5.74) is 1.16. The van der Waals surface area contributed by atoms with Crippen LogP contribution < -0.4 is 5.32 Å². The molecule has 0 fully saturated rings. The van der Waals surface area contributed by atoms with Crippen molar-refractivity contribution >= 4 is 11.9 Å².